The lowest BCUT2D eigenvalue weighted by Gasteiger charge is -2.28. The van der Waals surface area contributed by atoms with Gasteiger partial charge in [0.05, 0.1) is 24.9 Å². The Hall–Kier alpha value is -14.3. The van der Waals surface area contributed by atoms with Crippen molar-refractivity contribution in [1.29, 1.82) is 0 Å². The van der Waals surface area contributed by atoms with E-state index in [1.165, 1.54) is 16.3 Å². The minimum absolute atomic E-state index is 0.0328. The van der Waals surface area contributed by atoms with Crippen molar-refractivity contribution in [3.8, 4) is 89.0 Å². The van der Waals surface area contributed by atoms with Gasteiger partial charge >= 0.3 is 0 Å². The van der Waals surface area contributed by atoms with Crippen LogP contribution in [0.15, 0.2) is 433 Å². The van der Waals surface area contributed by atoms with E-state index in [0.29, 0.717) is 11.1 Å². The molecule has 0 saturated heterocycles. The minimum Gasteiger partial charge on any atom is -0.455 e. The van der Waals surface area contributed by atoms with Crippen LogP contribution in [-0.2, 0) is 0 Å². The molecule has 508 valence electrons. The third kappa shape index (κ3) is 12.6. The summed E-state index contributed by atoms with van der Waals surface area (Å²) in [5.41, 5.74) is 21.5. The Balaban J connectivity index is 0.000000161. The number of fused-ring (bicyclic) bond motifs is 8. The zero-order valence-corrected chi connectivity index (χ0v) is 58.0. The fourth-order valence-corrected chi connectivity index (χ4v) is 14.5. The maximum Gasteiger partial charge on any atom is 0.143 e. The van der Waals surface area contributed by atoms with Gasteiger partial charge in [-0.1, -0.05) is 333 Å². The highest BCUT2D eigenvalue weighted by Crippen LogP contribution is 2.45. The van der Waals surface area contributed by atoms with Crippen LogP contribution in [0.2, 0.25) is 0 Å². The molecule has 0 unspecified atom stereocenters. The Kier molecular flexibility index (Phi) is 13.4. The van der Waals surface area contributed by atoms with Crippen LogP contribution in [-0.4, -0.2) is 0 Å². The molecule has 2 aromatic heterocycles. The Morgan fingerprint density at radius 3 is 1.34 bits per heavy atom. The molecule has 0 aliphatic rings. The Morgan fingerprint density at radius 1 is 0.204 bits per heavy atom. The second kappa shape index (κ2) is 28.4. The van der Waals surface area contributed by atoms with Gasteiger partial charge in [-0.3, -0.25) is 0 Å². The molecule has 0 fully saturated rings. The molecule has 0 atom stereocenters. The Bertz CT molecular complexity index is 7520. The third-order valence-electron chi connectivity index (χ3n) is 19.9. The summed E-state index contributed by atoms with van der Waals surface area (Å²) in [5, 5.41) is 4.56. The fourth-order valence-electron chi connectivity index (χ4n) is 14.5. The first-order valence-electron chi connectivity index (χ1n) is 42.7. The lowest BCUT2D eigenvalue weighted by atomic mass is 9.98. The first-order chi connectivity index (χ1) is 59.3. The van der Waals surface area contributed by atoms with Crippen LogP contribution >= 0.6 is 0 Å². The first-order valence-corrected chi connectivity index (χ1v) is 35.7. The quantitative estimate of drug-likeness (QED) is 0.109. The lowest BCUT2D eigenvalue weighted by molar-refractivity contribution is 0.669. The lowest BCUT2D eigenvalue weighted by Crippen LogP contribution is -2.11. The molecule has 2 heterocycles. The zero-order chi connectivity index (χ0) is 83.9. The molecule has 4 nitrogen and oxygen atoms in total. The van der Waals surface area contributed by atoms with Crippen molar-refractivity contribution in [1.82, 2.24) is 0 Å². The molecular formula is C104H70N2O2. The maximum atomic E-state index is 8.98. The standard InChI is InChI=1S/2C52H35NO/c1-2-12-40(13-3-1)46-15-6-8-19-50(46)53(45-33-29-41(30-34-45)47-17-10-18-49-48-16-7-9-20-51(48)54-52(47)49)44-31-27-38(28-32-44)37-21-23-39(24-22-37)43-26-25-36-11-4-5-14-42(36)35-43;1-2-10-36(11-3-1)43-14-8-15-47(35-43)53(46-32-28-41(29-33-46)48-17-9-18-50-49-16-6-7-19-51(49)54-52(48)50)45-30-26-39(27-31-45)38-20-22-40(23-21-38)44-25-24-37-12-4-5-13-42(37)34-44/h2*1-35H/i7D,9D,10D,16D,17D,18D,20D;4D,5D,12D,13D,24D,25D,34D. The van der Waals surface area contributed by atoms with Crippen LogP contribution in [0.25, 0.3) is 154 Å². The molecule has 4 heteroatoms. The van der Waals surface area contributed by atoms with E-state index in [4.69, 9.17) is 28.0 Å². The van der Waals surface area contributed by atoms with Crippen molar-refractivity contribution in [2.75, 3.05) is 9.80 Å². The molecule has 0 aliphatic heterocycles. The number of anilines is 6. The fraction of sp³-hybridized carbons (Fsp3) is 0. The van der Waals surface area contributed by atoms with Crippen molar-refractivity contribution < 1.29 is 28.0 Å². The van der Waals surface area contributed by atoms with Gasteiger partial charge in [-0.25, -0.2) is 0 Å². The molecule has 0 aliphatic carbocycles. The van der Waals surface area contributed by atoms with E-state index in [2.05, 4.69) is 234 Å². The third-order valence-corrected chi connectivity index (χ3v) is 19.9. The van der Waals surface area contributed by atoms with Gasteiger partial charge in [0.15, 0.2) is 0 Å². The number of para-hydroxylation sites is 5. The van der Waals surface area contributed by atoms with E-state index in [9.17, 15) is 0 Å². The molecule has 20 aromatic rings. The largest absolute Gasteiger partial charge is 0.455 e. The summed E-state index contributed by atoms with van der Waals surface area (Å²) in [4.78, 5) is 4.42. The highest BCUT2D eigenvalue weighted by Gasteiger charge is 2.21. The second-order valence-electron chi connectivity index (χ2n) is 26.4. The van der Waals surface area contributed by atoms with Gasteiger partial charge in [0, 0.05) is 66.7 Å². The summed E-state index contributed by atoms with van der Waals surface area (Å²) in [6.07, 6.45) is 0. The molecular weight excluding hydrogens is 1310 g/mol. The summed E-state index contributed by atoms with van der Waals surface area (Å²) in [5.74, 6) is 0. The van der Waals surface area contributed by atoms with E-state index in [1.807, 2.05) is 103 Å². The van der Waals surface area contributed by atoms with Gasteiger partial charge in [0.2, 0.25) is 0 Å². The van der Waals surface area contributed by atoms with Gasteiger partial charge < -0.3 is 18.6 Å². The highest BCUT2D eigenvalue weighted by atomic mass is 16.3. The first kappa shape index (κ1) is 50.9. The highest BCUT2D eigenvalue weighted by molar-refractivity contribution is 6.11. The van der Waals surface area contributed by atoms with Gasteiger partial charge in [0.1, 0.15) is 22.3 Å². The molecule has 0 amide bonds. The number of benzene rings is 18. The number of furan rings is 2. The van der Waals surface area contributed by atoms with Crippen LogP contribution in [0, 0.1) is 0 Å². The van der Waals surface area contributed by atoms with Gasteiger partial charge in [0.25, 0.3) is 0 Å². The van der Waals surface area contributed by atoms with Gasteiger partial charge in [-0.15, -0.1) is 0 Å². The van der Waals surface area contributed by atoms with Gasteiger partial charge in [-0.05, 0) is 185 Å². The molecule has 0 N–H and O–H groups in total. The second-order valence-corrected chi connectivity index (χ2v) is 26.4. The van der Waals surface area contributed by atoms with Crippen LogP contribution in [0.4, 0.5) is 34.1 Å². The summed E-state index contributed by atoms with van der Waals surface area (Å²) in [7, 11) is 0. The predicted octanol–water partition coefficient (Wildman–Crippen LogP) is 29.8. The molecule has 0 saturated carbocycles. The van der Waals surface area contributed by atoms with Crippen molar-refractivity contribution in [2.24, 2.45) is 0 Å². The molecule has 0 bridgehead atoms. The molecule has 108 heavy (non-hydrogen) atoms. The van der Waals surface area contributed by atoms with Crippen LogP contribution in [0.1, 0.15) is 19.2 Å². The van der Waals surface area contributed by atoms with Gasteiger partial charge in [-0.2, -0.15) is 0 Å². The summed E-state index contributed by atoms with van der Waals surface area (Å²) in [6.45, 7) is 0. The van der Waals surface area contributed by atoms with Crippen molar-refractivity contribution in [2.45, 2.75) is 0 Å². The van der Waals surface area contributed by atoms with Crippen molar-refractivity contribution in [3.05, 3.63) is 424 Å². The van der Waals surface area contributed by atoms with Crippen LogP contribution in [0.3, 0.4) is 0 Å². The average molecular weight is 1390 g/mol. The van der Waals surface area contributed by atoms with Crippen LogP contribution < -0.4 is 9.80 Å². The molecule has 0 spiro atoms. The average Bonchev–Trinajstić information content (AvgIpc) is 1.44. The number of rotatable bonds is 14. The summed E-state index contributed by atoms with van der Waals surface area (Å²) < 4.78 is 132. The minimum atomic E-state index is -0.484. The zero-order valence-electron chi connectivity index (χ0n) is 72.0. The Labute approximate surface area is 647 Å². The number of hydrogen-bond donors (Lipinski definition) is 0. The van der Waals surface area contributed by atoms with Crippen molar-refractivity contribution in [3.63, 3.8) is 0 Å². The van der Waals surface area contributed by atoms with E-state index in [1.54, 1.807) is 12.1 Å². The SMILES string of the molecule is [2H]c1c([2H])c([2H])c2c([2H])c(-c3ccc(-c4ccc(N(c5ccc(-c6cccc7c6oc6ccccc67)cc5)c5cccc(-c6ccccc6)c5)cc4)cc3)c([2H])c([2H])c2c1[2H].[2H]c1c([2H])c([2H])c2c(oc3c(-c4ccc(N(c5ccc(-c6ccc(-c7ccc8ccccc8c7)cc6)cc5)c5ccccc5-c5ccccc5)cc4)c([2H])c([2H])c([2H])c32)c1[2H]. The normalized spacial score (nSPS) is 13.1. The van der Waals surface area contributed by atoms with Crippen LogP contribution in [0.5, 0.6) is 0 Å². The van der Waals surface area contributed by atoms with E-state index in [0.717, 1.165) is 117 Å². The van der Waals surface area contributed by atoms with E-state index < -0.39 is 30.2 Å². The smallest absolute Gasteiger partial charge is 0.143 e. The number of nitrogens with zero attached hydrogens (tertiary/aromatic N) is 2. The molecule has 18 aromatic carbocycles. The Morgan fingerprint density at radius 2 is 0.648 bits per heavy atom. The topological polar surface area (TPSA) is 32.8 Å². The van der Waals surface area contributed by atoms with E-state index in [-0.39, 0.29) is 98.2 Å². The maximum absolute atomic E-state index is 8.98. The summed E-state index contributed by atoms with van der Waals surface area (Å²) >= 11 is 0. The van der Waals surface area contributed by atoms with Crippen molar-refractivity contribution >= 4 is 99.5 Å². The molecule has 0 radical (unpaired) electrons. The van der Waals surface area contributed by atoms with E-state index >= 15 is 0 Å². The monoisotopic (exact) mass is 1390 g/mol. The molecule has 20 rings (SSSR count). The summed E-state index contributed by atoms with van der Waals surface area (Å²) in [6, 6.07) is 111. The number of hydrogen-bond acceptors (Lipinski definition) is 4. The predicted molar refractivity (Wildman–Crippen MR) is 455 cm³/mol.